The molecule has 1 aliphatic rings. The summed E-state index contributed by atoms with van der Waals surface area (Å²) < 4.78 is 5.13. The first-order chi connectivity index (χ1) is 14.7. The van der Waals surface area contributed by atoms with Gasteiger partial charge >= 0.3 is 11.8 Å². The maximum absolute atomic E-state index is 12.7. The van der Waals surface area contributed by atoms with Gasteiger partial charge in [-0.15, -0.1) is 0 Å². The van der Waals surface area contributed by atoms with Gasteiger partial charge in [-0.2, -0.15) is 5.10 Å². The summed E-state index contributed by atoms with van der Waals surface area (Å²) in [6, 6.07) is 9.71. The molecule has 0 aliphatic carbocycles. The van der Waals surface area contributed by atoms with Gasteiger partial charge < -0.3 is 15.2 Å². The van der Waals surface area contributed by atoms with Crippen LogP contribution in [-0.2, 0) is 20.0 Å². The molecule has 31 heavy (non-hydrogen) atoms. The number of hydrogen-bond acceptors (Lipinski definition) is 7. The van der Waals surface area contributed by atoms with Crippen LogP contribution in [0.1, 0.15) is 23.1 Å². The molecule has 0 fully saturated rings. The second-order valence-electron chi connectivity index (χ2n) is 6.84. The first-order valence-corrected chi connectivity index (χ1v) is 9.43. The molecule has 162 valence electrons. The average Bonchev–Trinajstić information content (AvgIpc) is 3.01. The number of nitrogens with zero attached hydrogens (tertiary/aromatic N) is 1. The highest BCUT2D eigenvalue weighted by atomic mass is 35.5. The second-order valence-corrected chi connectivity index (χ2v) is 7.27. The van der Waals surface area contributed by atoms with E-state index in [1.165, 1.54) is 13.2 Å². The fourth-order valence-electron chi connectivity index (χ4n) is 3.22. The van der Waals surface area contributed by atoms with Crippen molar-refractivity contribution >= 4 is 40.7 Å². The molecule has 0 spiro atoms. The van der Waals surface area contributed by atoms with Crippen LogP contribution in [0.25, 0.3) is 0 Å². The zero-order valence-corrected chi connectivity index (χ0v) is 17.4. The number of aliphatic hydroxyl groups is 1. The number of hydrazine groups is 1. The molecule has 0 bridgehead atoms. The minimum atomic E-state index is -2.01. The Labute approximate surface area is 182 Å². The molecule has 0 saturated heterocycles. The van der Waals surface area contributed by atoms with E-state index in [2.05, 4.69) is 15.8 Å². The van der Waals surface area contributed by atoms with Crippen LogP contribution in [0.4, 0.5) is 5.69 Å². The Morgan fingerprint density at radius 3 is 2.55 bits per heavy atom. The SMILES string of the molecule is COc1ccc(/C(C[C@]2(O)C(=O)Nc3c(C)cc(Cl)cc32)=N/NC(=O)C(=O)NN)cc1. The topological polar surface area (TPSA) is 155 Å². The number of halogens is 1. The molecule has 3 rings (SSSR count). The Morgan fingerprint density at radius 1 is 1.26 bits per heavy atom. The van der Waals surface area contributed by atoms with Gasteiger partial charge in [-0.25, -0.2) is 11.3 Å². The predicted molar refractivity (Wildman–Crippen MR) is 113 cm³/mol. The van der Waals surface area contributed by atoms with Crippen molar-refractivity contribution in [1.82, 2.24) is 10.9 Å². The van der Waals surface area contributed by atoms with Gasteiger partial charge in [-0.3, -0.25) is 19.8 Å². The van der Waals surface area contributed by atoms with Gasteiger partial charge in [0.05, 0.1) is 18.5 Å². The maximum atomic E-state index is 12.7. The fourth-order valence-corrected chi connectivity index (χ4v) is 3.49. The number of anilines is 1. The maximum Gasteiger partial charge on any atom is 0.330 e. The second kappa shape index (κ2) is 8.72. The van der Waals surface area contributed by atoms with E-state index in [1.807, 2.05) is 0 Å². The predicted octanol–water partition coefficient (Wildman–Crippen LogP) is 0.697. The molecule has 0 unspecified atom stereocenters. The van der Waals surface area contributed by atoms with E-state index in [0.29, 0.717) is 27.6 Å². The number of rotatable bonds is 5. The van der Waals surface area contributed by atoms with Crippen LogP contribution in [-0.4, -0.2) is 35.6 Å². The average molecular weight is 446 g/mol. The lowest BCUT2D eigenvalue weighted by Gasteiger charge is -2.22. The smallest absolute Gasteiger partial charge is 0.330 e. The molecule has 1 atom stereocenters. The van der Waals surface area contributed by atoms with E-state index < -0.39 is 23.3 Å². The number of carbonyl (C=O) groups is 3. The number of methoxy groups -OCH3 is 1. The van der Waals surface area contributed by atoms with Gasteiger partial charge in [-0.05, 0) is 54.4 Å². The lowest BCUT2D eigenvalue weighted by atomic mass is 9.87. The van der Waals surface area contributed by atoms with Crippen LogP contribution in [0, 0.1) is 6.92 Å². The molecule has 2 aromatic rings. The van der Waals surface area contributed by atoms with Gasteiger partial charge in [0, 0.05) is 17.0 Å². The number of hydrazone groups is 1. The molecule has 0 radical (unpaired) electrons. The molecular weight excluding hydrogens is 426 g/mol. The first kappa shape index (κ1) is 22.2. The van der Waals surface area contributed by atoms with Crippen LogP contribution < -0.4 is 26.7 Å². The minimum absolute atomic E-state index is 0.129. The third kappa shape index (κ3) is 4.36. The van der Waals surface area contributed by atoms with Gasteiger partial charge in [0.15, 0.2) is 5.60 Å². The Hall–Kier alpha value is -3.47. The molecule has 11 heteroatoms. The zero-order valence-electron chi connectivity index (χ0n) is 16.7. The standard InChI is InChI=1S/C20H20ClN5O5/c1-10-7-12(21)8-14-16(10)23-19(29)20(14,30)9-15(25-26-18(28)17(27)24-22)11-3-5-13(31-2)6-4-11/h3-8,30H,9,22H2,1-2H3,(H,23,29)(H,24,27)(H,26,28)/b25-15+/t20-/m1/s1. The molecule has 0 saturated carbocycles. The van der Waals surface area contributed by atoms with Crippen molar-refractivity contribution in [3.63, 3.8) is 0 Å². The summed E-state index contributed by atoms with van der Waals surface area (Å²) in [4.78, 5) is 35.9. The summed E-state index contributed by atoms with van der Waals surface area (Å²) in [5, 5.41) is 18.3. The number of fused-ring (bicyclic) bond motifs is 1. The summed E-state index contributed by atoms with van der Waals surface area (Å²) in [5.41, 5.74) is 3.78. The molecule has 0 aromatic heterocycles. The molecule has 10 nitrogen and oxygen atoms in total. The van der Waals surface area contributed by atoms with Gasteiger partial charge in [0.1, 0.15) is 5.75 Å². The summed E-state index contributed by atoms with van der Waals surface area (Å²) in [7, 11) is 1.50. The van der Waals surface area contributed by atoms with Crippen molar-refractivity contribution in [1.29, 1.82) is 0 Å². The summed E-state index contributed by atoms with van der Waals surface area (Å²) in [5.74, 6) is 2.63. The zero-order chi connectivity index (χ0) is 22.8. The Kier molecular flexibility index (Phi) is 6.25. The fraction of sp³-hybridized carbons (Fsp3) is 0.200. The first-order valence-electron chi connectivity index (χ1n) is 9.06. The van der Waals surface area contributed by atoms with Crippen molar-refractivity contribution in [2.24, 2.45) is 10.9 Å². The van der Waals surface area contributed by atoms with E-state index in [0.717, 1.165) is 0 Å². The van der Waals surface area contributed by atoms with E-state index in [4.69, 9.17) is 22.2 Å². The van der Waals surface area contributed by atoms with Crippen molar-refractivity contribution < 1.29 is 24.2 Å². The third-order valence-corrected chi connectivity index (χ3v) is 5.05. The molecule has 1 heterocycles. The van der Waals surface area contributed by atoms with E-state index in [-0.39, 0.29) is 17.7 Å². The van der Waals surface area contributed by atoms with Crippen LogP contribution >= 0.6 is 11.6 Å². The van der Waals surface area contributed by atoms with Crippen molar-refractivity contribution in [2.45, 2.75) is 18.9 Å². The summed E-state index contributed by atoms with van der Waals surface area (Å²) in [6.45, 7) is 1.75. The highest BCUT2D eigenvalue weighted by molar-refractivity contribution is 6.35. The Morgan fingerprint density at radius 2 is 1.94 bits per heavy atom. The number of benzene rings is 2. The van der Waals surface area contributed by atoms with E-state index >= 15 is 0 Å². The van der Waals surface area contributed by atoms with Crippen LogP contribution in [0.15, 0.2) is 41.5 Å². The highest BCUT2D eigenvalue weighted by Crippen LogP contribution is 2.42. The molecule has 2 aromatic carbocycles. The summed E-state index contributed by atoms with van der Waals surface area (Å²) >= 11 is 6.14. The Bertz CT molecular complexity index is 1090. The monoisotopic (exact) mass is 445 g/mol. The van der Waals surface area contributed by atoms with Crippen molar-refractivity contribution in [3.05, 3.63) is 58.1 Å². The Balaban J connectivity index is 2.03. The molecule has 6 N–H and O–H groups in total. The van der Waals surface area contributed by atoms with Gasteiger partial charge in [0.25, 0.3) is 5.91 Å². The summed E-state index contributed by atoms with van der Waals surface area (Å²) in [6.07, 6.45) is -0.317. The molecule has 1 aliphatic heterocycles. The van der Waals surface area contributed by atoms with E-state index in [9.17, 15) is 19.5 Å². The van der Waals surface area contributed by atoms with Crippen LogP contribution in [0.2, 0.25) is 5.02 Å². The molecule has 3 amide bonds. The minimum Gasteiger partial charge on any atom is -0.497 e. The number of ether oxygens (including phenoxy) is 1. The molecular formula is C20H20ClN5O5. The van der Waals surface area contributed by atoms with Crippen molar-refractivity contribution in [2.75, 3.05) is 12.4 Å². The van der Waals surface area contributed by atoms with E-state index in [1.54, 1.807) is 42.7 Å². The third-order valence-electron chi connectivity index (χ3n) is 4.84. The number of carbonyl (C=O) groups excluding carboxylic acids is 3. The number of nitrogens with one attached hydrogen (secondary N) is 3. The quantitative estimate of drug-likeness (QED) is 0.150. The van der Waals surface area contributed by atoms with Crippen molar-refractivity contribution in [3.8, 4) is 5.75 Å². The van der Waals surface area contributed by atoms with Crippen LogP contribution in [0.3, 0.4) is 0 Å². The normalized spacial score (nSPS) is 17.6. The highest BCUT2D eigenvalue weighted by Gasteiger charge is 2.47. The number of nitrogens with two attached hydrogens (primary N) is 1. The number of aryl methyl sites for hydroxylation is 1. The van der Waals surface area contributed by atoms with Gasteiger partial charge in [-0.1, -0.05) is 11.6 Å². The lowest BCUT2D eigenvalue weighted by molar-refractivity contribution is -0.139. The number of hydrogen-bond donors (Lipinski definition) is 5. The number of amides is 3. The van der Waals surface area contributed by atoms with Gasteiger partial charge in [0.2, 0.25) is 0 Å². The van der Waals surface area contributed by atoms with Crippen LogP contribution in [0.5, 0.6) is 5.75 Å². The largest absolute Gasteiger partial charge is 0.497 e. The lowest BCUT2D eigenvalue weighted by Crippen LogP contribution is -2.42.